The molecule has 1 aromatic heterocycles. The Morgan fingerprint density at radius 3 is 2.68 bits per heavy atom. The minimum Gasteiger partial charge on any atom is -0.469 e. The van der Waals surface area contributed by atoms with Crippen LogP contribution in [0.1, 0.15) is 32.6 Å². The number of hydrogen-bond acceptors (Lipinski definition) is 3. The van der Waals surface area contributed by atoms with Crippen molar-refractivity contribution in [1.29, 1.82) is 0 Å². The number of sulfonamides is 1. The van der Waals surface area contributed by atoms with Crippen LogP contribution >= 0.6 is 0 Å². The van der Waals surface area contributed by atoms with E-state index in [0.29, 0.717) is 6.54 Å². The van der Waals surface area contributed by atoms with Gasteiger partial charge in [-0.1, -0.05) is 6.42 Å². The Hall–Kier alpha value is -1.32. The van der Waals surface area contributed by atoms with Crippen molar-refractivity contribution in [2.75, 3.05) is 6.54 Å². The van der Waals surface area contributed by atoms with Gasteiger partial charge in [0.25, 0.3) is 10.0 Å². The molecule has 102 valence electrons. The highest BCUT2D eigenvalue weighted by molar-refractivity contribution is 7.89. The smallest absolute Gasteiger partial charge is 0.346 e. The van der Waals surface area contributed by atoms with Gasteiger partial charge in [0, 0.05) is 12.6 Å². The maximum absolute atomic E-state index is 12.5. The molecule has 0 aromatic carbocycles. The van der Waals surface area contributed by atoms with Crippen LogP contribution in [0.4, 0.5) is 5.88 Å². The second-order valence-corrected chi connectivity index (χ2v) is 7.48. The predicted molar refractivity (Wildman–Crippen MR) is 69.2 cm³/mol. The van der Waals surface area contributed by atoms with Crippen LogP contribution in [-0.2, 0) is 10.0 Å². The molecule has 0 radical (unpaired) electrons. The number of rotatable bonds is 2. The van der Waals surface area contributed by atoms with Gasteiger partial charge in [-0.05, 0) is 43.7 Å². The molecule has 5 nitrogen and oxygen atoms in total. The fraction of sp³-hybridized carbons (Fsp3) is 0.615. The molecule has 1 atom stereocenters. The maximum atomic E-state index is 12.5. The first-order valence-corrected chi connectivity index (χ1v) is 7.90. The Balaban J connectivity index is 1.90. The zero-order chi connectivity index (χ0) is 13.7. The van der Waals surface area contributed by atoms with Crippen molar-refractivity contribution in [3.8, 4) is 0 Å². The summed E-state index contributed by atoms with van der Waals surface area (Å²) in [5.74, 6) is 0.0174. The van der Waals surface area contributed by atoms with E-state index < -0.39 is 10.0 Å². The van der Waals surface area contributed by atoms with Crippen molar-refractivity contribution in [3.05, 3.63) is 23.5 Å². The summed E-state index contributed by atoms with van der Waals surface area (Å²) in [6, 6.07) is 2.78. The average Bonchev–Trinajstić information content (AvgIpc) is 2.92. The van der Waals surface area contributed by atoms with Crippen LogP contribution in [0.2, 0.25) is 0 Å². The molecule has 19 heavy (non-hydrogen) atoms. The van der Waals surface area contributed by atoms with Crippen LogP contribution in [0.15, 0.2) is 21.6 Å². The molecular weight excluding hydrogens is 264 g/mol. The van der Waals surface area contributed by atoms with E-state index in [2.05, 4.69) is 4.85 Å². The summed E-state index contributed by atoms with van der Waals surface area (Å²) in [7, 11) is -3.60. The Morgan fingerprint density at radius 2 is 2.21 bits per heavy atom. The predicted octanol–water partition coefficient (Wildman–Crippen LogP) is 2.78. The molecule has 1 aliphatic heterocycles. The molecule has 3 rings (SSSR count). The monoisotopic (exact) mass is 280 g/mol. The quantitative estimate of drug-likeness (QED) is 0.783. The molecule has 1 aliphatic carbocycles. The van der Waals surface area contributed by atoms with Gasteiger partial charge in [-0.2, -0.15) is 9.15 Å². The summed E-state index contributed by atoms with van der Waals surface area (Å²) >= 11 is 0. The van der Waals surface area contributed by atoms with Gasteiger partial charge in [0.05, 0.1) is 6.57 Å². The van der Waals surface area contributed by atoms with E-state index in [1.54, 1.807) is 4.31 Å². The molecule has 1 saturated heterocycles. The standard InChI is InChI=1S/C13H16N2O3S/c1-10-8-13(6-3-7-13)9-15(10)19(16,17)12-5-4-11(14-2)18-12/h4-5,10H,3,6-9H2,1H3. The van der Waals surface area contributed by atoms with Crippen molar-refractivity contribution in [1.82, 2.24) is 4.31 Å². The Kier molecular flexibility index (Phi) is 2.73. The fourth-order valence-corrected chi connectivity index (χ4v) is 4.92. The first-order valence-electron chi connectivity index (χ1n) is 6.46. The third kappa shape index (κ3) is 1.88. The summed E-state index contributed by atoms with van der Waals surface area (Å²) in [4.78, 5) is 3.11. The summed E-state index contributed by atoms with van der Waals surface area (Å²) in [5.41, 5.74) is 0.196. The van der Waals surface area contributed by atoms with Gasteiger partial charge in [-0.25, -0.2) is 8.42 Å². The van der Waals surface area contributed by atoms with Gasteiger partial charge >= 0.3 is 5.88 Å². The van der Waals surface area contributed by atoms with Crippen LogP contribution in [0.5, 0.6) is 0 Å². The normalized spacial score (nSPS) is 26.2. The van der Waals surface area contributed by atoms with Gasteiger partial charge in [0.15, 0.2) is 0 Å². The van der Waals surface area contributed by atoms with Crippen molar-refractivity contribution < 1.29 is 12.8 Å². The SMILES string of the molecule is [C-]#[N+]c1ccc(S(=O)(=O)N2CC3(CCC3)CC2C)o1. The molecule has 2 heterocycles. The molecule has 1 aromatic rings. The molecule has 1 saturated carbocycles. The van der Waals surface area contributed by atoms with E-state index >= 15 is 0 Å². The molecule has 6 heteroatoms. The lowest BCUT2D eigenvalue weighted by Gasteiger charge is -2.37. The second-order valence-electron chi connectivity index (χ2n) is 5.66. The Morgan fingerprint density at radius 1 is 1.47 bits per heavy atom. The van der Waals surface area contributed by atoms with E-state index in [4.69, 9.17) is 11.0 Å². The average molecular weight is 280 g/mol. The first-order chi connectivity index (χ1) is 8.97. The second kappa shape index (κ2) is 4.09. The summed E-state index contributed by atoms with van der Waals surface area (Å²) in [5, 5.41) is -0.110. The number of nitrogens with zero attached hydrogens (tertiary/aromatic N) is 2. The largest absolute Gasteiger partial charge is 0.469 e. The van der Waals surface area contributed by atoms with Gasteiger partial charge in [0.1, 0.15) is 0 Å². The van der Waals surface area contributed by atoms with Gasteiger partial charge in [-0.3, -0.25) is 0 Å². The lowest BCUT2D eigenvalue weighted by molar-refractivity contribution is 0.152. The van der Waals surface area contributed by atoms with Crippen LogP contribution < -0.4 is 0 Å². The van der Waals surface area contributed by atoms with Crippen molar-refractivity contribution >= 4 is 15.9 Å². The van der Waals surface area contributed by atoms with Crippen LogP contribution in [0.25, 0.3) is 4.85 Å². The van der Waals surface area contributed by atoms with E-state index in [9.17, 15) is 8.42 Å². The number of hydrogen-bond donors (Lipinski definition) is 0. The zero-order valence-corrected chi connectivity index (χ0v) is 11.6. The third-order valence-electron chi connectivity index (χ3n) is 4.37. The molecule has 0 N–H and O–H groups in total. The van der Waals surface area contributed by atoms with Gasteiger partial charge in [0.2, 0.25) is 5.09 Å². The van der Waals surface area contributed by atoms with Crippen molar-refractivity contribution in [3.63, 3.8) is 0 Å². The minimum atomic E-state index is -3.60. The summed E-state index contributed by atoms with van der Waals surface area (Å²) in [6.45, 7) is 9.37. The van der Waals surface area contributed by atoms with E-state index in [0.717, 1.165) is 19.3 Å². The molecule has 1 unspecified atom stereocenters. The molecular formula is C13H16N2O3S. The summed E-state index contributed by atoms with van der Waals surface area (Å²) < 4.78 is 31.7. The highest BCUT2D eigenvalue weighted by Gasteiger charge is 2.50. The van der Waals surface area contributed by atoms with Gasteiger partial charge in [-0.15, -0.1) is 0 Å². The van der Waals surface area contributed by atoms with Gasteiger partial charge < -0.3 is 4.42 Å². The lowest BCUT2D eigenvalue weighted by atomic mass is 9.68. The Labute approximate surface area is 113 Å². The first kappa shape index (κ1) is 12.7. The Bertz CT molecular complexity index is 637. The van der Waals surface area contributed by atoms with E-state index in [1.165, 1.54) is 18.6 Å². The number of furan rings is 1. The fourth-order valence-electron chi connectivity index (χ4n) is 3.27. The topological polar surface area (TPSA) is 54.9 Å². The lowest BCUT2D eigenvalue weighted by Crippen LogP contribution is -2.37. The van der Waals surface area contributed by atoms with Crippen molar-refractivity contribution in [2.45, 2.75) is 43.7 Å². The van der Waals surface area contributed by atoms with Crippen LogP contribution in [0, 0.1) is 12.0 Å². The van der Waals surface area contributed by atoms with Crippen LogP contribution in [0.3, 0.4) is 0 Å². The zero-order valence-electron chi connectivity index (χ0n) is 10.8. The van der Waals surface area contributed by atoms with Crippen LogP contribution in [-0.4, -0.2) is 25.3 Å². The molecule has 2 fully saturated rings. The highest BCUT2D eigenvalue weighted by Crippen LogP contribution is 2.51. The van der Waals surface area contributed by atoms with E-state index in [1.807, 2.05) is 6.92 Å². The molecule has 1 spiro atoms. The molecule has 0 amide bonds. The highest BCUT2D eigenvalue weighted by atomic mass is 32.2. The molecule has 0 bridgehead atoms. The maximum Gasteiger partial charge on any atom is 0.346 e. The third-order valence-corrected chi connectivity index (χ3v) is 6.20. The van der Waals surface area contributed by atoms with E-state index in [-0.39, 0.29) is 22.4 Å². The minimum absolute atomic E-state index is 0.00629. The molecule has 2 aliphatic rings. The van der Waals surface area contributed by atoms with Crippen molar-refractivity contribution in [2.24, 2.45) is 5.41 Å². The summed E-state index contributed by atoms with van der Waals surface area (Å²) in [6.07, 6.45) is 4.37.